The van der Waals surface area contributed by atoms with Gasteiger partial charge in [0.1, 0.15) is 12.6 Å². The maximum atomic E-state index is 14.0. The van der Waals surface area contributed by atoms with Crippen molar-refractivity contribution in [1.29, 1.82) is 0 Å². The minimum atomic E-state index is -3.79. The van der Waals surface area contributed by atoms with Gasteiger partial charge in [0.2, 0.25) is 21.8 Å². The van der Waals surface area contributed by atoms with Crippen molar-refractivity contribution >= 4 is 43.5 Å². The monoisotopic (exact) mass is 599 g/mol. The summed E-state index contributed by atoms with van der Waals surface area (Å²) in [6, 6.07) is 22.9. The number of anilines is 1. The highest BCUT2D eigenvalue weighted by atomic mass is 79.9. The van der Waals surface area contributed by atoms with E-state index in [1.807, 2.05) is 75.4 Å². The third kappa shape index (κ3) is 8.16. The maximum absolute atomic E-state index is 14.0. The van der Waals surface area contributed by atoms with Crippen molar-refractivity contribution in [1.82, 2.24) is 10.2 Å². The smallest absolute Gasteiger partial charge is 0.244 e. The normalized spacial score (nSPS) is 12.2. The number of nitrogens with zero attached hydrogens (tertiary/aromatic N) is 2. The molecule has 9 heteroatoms. The molecule has 0 bridgehead atoms. The maximum Gasteiger partial charge on any atom is 0.244 e. The van der Waals surface area contributed by atoms with E-state index < -0.39 is 28.5 Å². The zero-order chi connectivity index (χ0) is 27.9. The average Bonchev–Trinajstić information content (AvgIpc) is 2.85. The van der Waals surface area contributed by atoms with Crippen LogP contribution in [0, 0.1) is 6.92 Å². The third-order valence-corrected chi connectivity index (χ3v) is 7.77. The van der Waals surface area contributed by atoms with Crippen LogP contribution < -0.4 is 9.62 Å². The first kappa shape index (κ1) is 29.4. The summed E-state index contributed by atoms with van der Waals surface area (Å²) in [5.74, 6) is -0.762. The van der Waals surface area contributed by atoms with Gasteiger partial charge in [0.15, 0.2) is 0 Å². The highest BCUT2D eigenvalue weighted by molar-refractivity contribution is 9.10. The van der Waals surface area contributed by atoms with E-state index in [1.54, 1.807) is 24.3 Å². The molecule has 0 radical (unpaired) electrons. The number of halogens is 1. The Hall–Kier alpha value is -3.17. The molecule has 0 aliphatic carbocycles. The standard InChI is InChI=1S/C29H34BrN3O4S/c1-21(2)31-29(35)27(18-23-11-6-5-7-12-23)32(19-24-13-9-8-10-22(24)3)28(34)20-33(38(4,36)37)26-16-14-25(30)15-17-26/h5-17,21,27H,18-20H2,1-4H3,(H,31,35)/t27-/m1/s1. The molecule has 1 atom stereocenters. The molecule has 202 valence electrons. The lowest BCUT2D eigenvalue weighted by Crippen LogP contribution is -2.54. The summed E-state index contributed by atoms with van der Waals surface area (Å²) in [5.41, 5.74) is 3.12. The number of aryl methyl sites for hydroxylation is 1. The van der Waals surface area contributed by atoms with E-state index in [1.165, 1.54) is 4.90 Å². The van der Waals surface area contributed by atoms with E-state index in [0.29, 0.717) is 5.69 Å². The van der Waals surface area contributed by atoms with E-state index in [-0.39, 0.29) is 24.9 Å². The molecular weight excluding hydrogens is 566 g/mol. The van der Waals surface area contributed by atoms with Crippen LogP contribution in [0.4, 0.5) is 5.69 Å². The largest absolute Gasteiger partial charge is 0.352 e. The quantitative estimate of drug-likeness (QED) is 0.346. The second-order valence-corrected chi connectivity index (χ2v) is 12.4. The van der Waals surface area contributed by atoms with Crippen LogP contribution in [0.5, 0.6) is 0 Å². The van der Waals surface area contributed by atoms with Gasteiger partial charge in [-0.1, -0.05) is 70.5 Å². The number of benzene rings is 3. The zero-order valence-electron chi connectivity index (χ0n) is 22.1. The number of rotatable bonds is 11. The fourth-order valence-corrected chi connectivity index (χ4v) is 5.24. The summed E-state index contributed by atoms with van der Waals surface area (Å²) in [4.78, 5) is 29.0. The lowest BCUT2D eigenvalue weighted by Gasteiger charge is -2.34. The van der Waals surface area contributed by atoms with E-state index >= 15 is 0 Å². The van der Waals surface area contributed by atoms with Gasteiger partial charge < -0.3 is 10.2 Å². The van der Waals surface area contributed by atoms with Crippen LogP contribution in [-0.4, -0.2) is 50.0 Å². The molecule has 0 aromatic heterocycles. The lowest BCUT2D eigenvalue weighted by atomic mass is 10.0. The van der Waals surface area contributed by atoms with Crippen LogP contribution in [-0.2, 0) is 32.6 Å². The van der Waals surface area contributed by atoms with Crippen molar-refractivity contribution in [3.8, 4) is 0 Å². The molecule has 0 heterocycles. The number of amides is 2. The molecule has 1 N–H and O–H groups in total. The van der Waals surface area contributed by atoms with Gasteiger partial charge in [-0.2, -0.15) is 0 Å². The first-order valence-electron chi connectivity index (χ1n) is 12.4. The van der Waals surface area contributed by atoms with Crippen LogP contribution in [0.2, 0.25) is 0 Å². The third-order valence-electron chi connectivity index (χ3n) is 6.10. The van der Waals surface area contributed by atoms with E-state index in [2.05, 4.69) is 21.2 Å². The molecule has 0 aliphatic heterocycles. The van der Waals surface area contributed by atoms with Gasteiger partial charge in [0.05, 0.1) is 11.9 Å². The lowest BCUT2D eigenvalue weighted by molar-refractivity contribution is -0.140. The van der Waals surface area contributed by atoms with Gasteiger partial charge in [-0.15, -0.1) is 0 Å². The van der Waals surface area contributed by atoms with Crippen molar-refractivity contribution < 1.29 is 18.0 Å². The van der Waals surface area contributed by atoms with Gasteiger partial charge >= 0.3 is 0 Å². The summed E-state index contributed by atoms with van der Waals surface area (Å²) in [5, 5.41) is 2.95. The second kappa shape index (κ2) is 13.1. The molecule has 3 aromatic rings. The Bertz CT molecular complexity index is 1350. The highest BCUT2D eigenvalue weighted by Gasteiger charge is 2.33. The van der Waals surface area contributed by atoms with Crippen LogP contribution >= 0.6 is 15.9 Å². The first-order valence-corrected chi connectivity index (χ1v) is 15.0. The molecule has 0 spiro atoms. The van der Waals surface area contributed by atoms with Crippen molar-refractivity contribution in [3.63, 3.8) is 0 Å². The predicted molar refractivity (Wildman–Crippen MR) is 155 cm³/mol. The van der Waals surface area contributed by atoms with E-state index in [0.717, 1.165) is 31.7 Å². The topological polar surface area (TPSA) is 86.8 Å². The van der Waals surface area contributed by atoms with Gasteiger partial charge in [0, 0.05) is 23.5 Å². The molecule has 3 aromatic carbocycles. The summed E-state index contributed by atoms with van der Waals surface area (Å²) < 4.78 is 27.4. The Balaban J connectivity index is 2.06. The minimum Gasteiger partial charge on any atom is -0.352 e. The molecule has 0 unspecified atom stereocenters. The zero-order valence-corrected chi connectivity index (χ0v) is 24.5. The molecule has 7 nitrogen and oxygen atoms in total. The number of nitrogens with one attached hydrogen (secondary N) is 1. The minimum absolute atomic E-state index is 0.133. The fraction of sp³-hybridized carbons (Fsp3) is 0.310. The number of carbonyl (C=O) groups is 2. The van der Waals surface area contributed by atoms with Crippen LogP contribution in [0.15, 0.2) is 83.3 Å². The highest BCUT2D eigenvalue weighted by Crippen LogP contribution is 2.23. The van der Waals surface area contributed by atoms with Crippen molar-refractivity contribution in [2.24, 2.45) is 0 Å². The number of sulfonamides is 1. The molecular formula is C29H34BrN3O4S. The van der Waals surface area contributed by atoms with Gasteiger partial charge in [-0.05, 0) is 61.7 Å². The number of carbonyl (C=O) groups excluding carboxylic acids is 2. The average molecular weight is 601 g/mol. The molecule has 2 amide bonds. The fourth-order valence-electron chi connectivity index (χ4n) is 4.13. The number of hydrogen-bond acceptors (Lipinski definition) is 4. The van der Waals surface area contributed by atoms with Gasteiger partial charge in [-0.25, -0.2) is 8.42 Å². The van der Waals surface area contributed by atoms with Crippen LogP contribution in [0.25, 0.3) is 0 Å². The van der Waals surface area contributed by atoms with Crippen molar-refractivity contribution in [3.05, 3.63) is 100 Å². The Kier molecular flexibility index (Phi) is 10.1. The molecule has 0 saturated heterocycles. The SMILES string of the molecule is Cc1ccccc1CN(C(=O)CN(c1ccc(Br)cc1)S(C)(=O)=O)[C@H](Cc1ccccc1)C(=O)NC(C)C. The molecule has 0 saturated carbocycles. The Morgan fingerprint density at radius 2 is 1.53 bits per heavy atom. The van der Waals surface area contributed by atoms with Gasteiger partial charge in [0.25, 0.3) is 0 Å². The molecule has 0 fully saturated rings. The molecule has 38 heavy (non-hydrogen) atoms. The summed E-state index contributed by atoms with van der Waals surface area (Å²) in [7, 11) is -3.79. The summed E-state index contributed by atoms with van der Waals surface area (Å²) in [6.07, 6.45) is 1.36. The molecule has 0 aliphatic rings. The number of hydrogen-bond donors (Lipinski definition) is 1. The second-order valence-electron chi connectivity index (χ2n) is 9.56. The van der Waals surface area contributed by atoms with Crippen molar-refractivity contribution in [2.75, 3.05) is 17.1 Å². The van der Waals surface area contributed by atoms with Crippen LogP contribution in [0.3, 0.4) is 0 Å². The first-order chi connectivity index (χ1) is 18.0. The van der Waals surface area contributed by atoms with Crippen LogP contribution in [0.1, 0.15) is 30.5 Å². The Morgan fingerprint density at radius 3 is 2.11 bits per heavy atom. The predicted octanol–water partition coefficient (Wildman–Crippen LogP) is 4.69. The van der Waals surface area contributed by atoms with Gasteiger partial charge in [-0.3, -0.25) is 13.9 Å². The summed E-state index contributed by atoms with van der Waals surface area (Å²) >= 11 is 3.36. The van der Waals surface area contributed by atoms with E-state index in [4.69, 9.17) is 0 Å². The summed E-state index contributed by atoms with van der Waals surface area (Å²) in [6.45, 7) is 5.40. The molecule has 3 rings (SSSR count). The van der Waals surface area contributed by atoms with E-state index in [9.17, 15) is 18.0 Å². The van der Waals surface area contributed by atoms with Crippen molar-refractivity contribution in [2.45, 2.75) is 45.8 Å². The Labute approximate surface area is 234 Å². The Morgan fingerprint density at radius 1 is 0.921 bits per heavy atom.